The third kappa shape index (κ3) is 10.1. The molecule has 1 aliphatic carbocycles. The van der Waals surface area contributed by atoms with E-state index in [1.54, 1.807) is 5.57 Å². The van der Waals surface area contributed by atoms with Gasteiger partial charge in [-0.25, -0.2) is 0 Å². The molecule has 0 saturated heterocycles. The average Bonchev–Trinajstić information content (AvgIpc) is 2.74. The molecule has 182 valence electrons. The van der Waals surface area contributed by atoms with Gasteiger partial charge >= 0.3 is 0 Å². The highest BCUT2D eigenvalue weighted by Crippen LogP contribution is 2.47. The van der Waals surface area contributed by atoms with E-state index in [1.165, 1.54) is 36.0 Å². The molecule has 1 rings (SSSR count). The van der Waals surface area contributed by atoms with Crippen molar-refractivity contribution in [2.24, 2.45) is 17.3 Å². The quantitative estimate of drug-likeness (QED) is 0.206. The first-order chi connectivity index (χ1) is 15.1. The summed E-state index contributed by atoms with van der Waals surface area (Å²) in [5, 5.41) is 0. The number of carbonyl (C=O) groups excluding carboxylic acids is 1. The number of rotatable bonds is 13. The molecule has 1 aliphatic rings. The molecule has 1 nitrogen and oxygen atoms in total. The Hall–Kier alpha value is -1.37. The Morgan fingerprint density at radius 2 is 1.44 bits per heavy atom. The Morgan fingerprint density at radius 3 is 2.03 bits per heavy atom. The second-order valence-electron chi connectivity index (χ2n) is 10.9. The second-order valence-corrected chi connectivity index (χ2v) is 10.9. The monoisotopic (exact) mass is 440 g/mol. The molecule has 0 spiro atoms. The maximum Gasteiger partial charge on any atom is 0.136 e. The van der Waals surface area contributed by atoms with Crippen LogP contribution in [-0.4, -0.2) is 5.78 Å². The first-order valence-corrected chi connectivity index (χ1v) is 13.2. The van der Waals surface area contributed by atoms with Crippen molar-refractivity contribution in [3.8, 4) is 0 Å². The van der Waals surface area contributed by atoms with Gasteiger partial charge in [0, 0.05) is 12.3 Å². The summed E-state index contributed by atoms with van der Waals surface area (Å²) in [5.74, 6) is 1.33. The van der Waals surface area contributed by atoms with Crippen molar-refractivity contribution >= 4 is 5.78 Å². The summed E-state index contributed by atoms with van der Waals surface area (Å²) >= 11 is 0. The zero-order valence-electron chi connectivity index (χ0n) is 22.7. The van der Waals surface area contributed by atoms with Crippen molar-refractivity contribution in [2.75, 3.05) is 0 Å². The number of carbonyl (C=O) groups is 1. The maximum absolute atomic E-state index is 12.3. The van der Waals surface area contributed by atoms with E-state index in [1.807, 2.05) is 0 Å². The molecule has 32 heavy (non-hydrogen) atoms. The predicted molar refractivity (Wildman–Crippen MR) is 143 cm³/mol. The SMILES string of the molecule is CC/C(=C\CC/C=C(\C)CC/C=C(\C)CCC=C(C)C)CC[C@]1(C)[C@H](C)CCC(=O)[C@H]1C. The lowest BCUT2D eigenvalue weighted by Gasteiger charge is -2.44. The zero-order chi connectivity index (χ0) is 24.1. The molecule has 0 radical (unpaired) electrons. The Labute approximate surface area is 200 Å². The standard InChI is InChI=1S/C31H52O/c1-9-29(22-23-31(8)27(6)20-21-30(32)28(31)7)19-11-10-15-25(4)17-13-18-26(5)16-12-14-24(2)3/h14-15,18-19,27-28H,9-13,16-17,20-23H2,1-8H3/b25-15+,26-18+,29-19+/t27-,28-,31-/m1/s1. The molecular formula is C31H52O. The van der Waals surface area contributed by atoms with Crippen LogP contribution in [0.15, 0.2) is 46.6 Å². The van der Waals surface area contributed by atoms with E-state index in [0.29, 0.717) is 11.7 Å². The molecule has 0 aromatic carbocycles. The van der Waals surface area contributed by atoms with Crippen LogP contribution >= 0.6 is 0 Å². The molecule has 0 heterocycles. The van der Waals surface area contributed by atoms with Gasteiger partial charge in [0.15, 0.2) is 0 Å². The highest BCUT2D eigenvalue weighted by molar-refractivity contribution is 5.82. The fraction of sp³-hybridized carbons (Fsp3) is 0.710. The first kappa shape index (κ1) is 28.7. The topological polar surface area (TPSA) is 17.1 Å². The normalized spacial score (nSPS) is 25.2. The van der Waals surface area contributed by atoms with Crippen LogP contribution in [0.25, 0.3) is 0 Å². The molecule has 0 aromatic heterocycles. The fourth-order valence-corrected chi connectivity index (χ4v) is 4.97. The van der Waals surface area contributed by atoms with Crippen LogP contribution in [-0.2, 0) is 4.79 Å². The summed E-state index contributed by atoms with van der Waals surface area (Å²) in [6, 6.07) is 0. The summed E-state index contributed by atoms with van der Waals surface area (Å²) in [5.41, 5.74) is 6.18. The van der Waals surface area contributed by atoms with Crippen LogP contribution in [0, 0.1) is 17.3 Å². The Bertz CT molecular complexity index is 698. The predicted octanol–water partition coefficient (Wildman–Crippen LogP) is 9.94. The fourth-order valence-electron chi connectivity index (χ4n) is 4.97. The number of allylic oxidation sites excluding steroid dienone is 8. The summed E-state index contributed by atoms with van der Waals surface area (Å²) < 4.78 is 0. The molecule has 0 aliphatic heterocycles. The minimum Gasteiger partial charge on any atom is -0.299 e. The summed E-state index contributed by atoms with van der Waals surface area (Å²) in [6.45, 7) is 18.0. The second kappa shape index (κ2) is 14.7. The van der Waals surface area contributed by atoms with E-state index in [0.717, 1.165) is 51.4 Å². The van der Waals surface area contributed by atoms with Crippen molar-refractivity contribution < 1.29 is 4.79 Å². The third-order valence-electron chi connectivity index (χ3n) is 8.08. The van der Waals surface area contributed by atoms with E-state index in [4.69, 9.17) is 0 Å². The van der Waals surface area contributed by atoms with E-state index in [2.05, 4.69) is 79.7 Å². The largest absolute Gasteiger partial charge is 0.299 e. The number of Topliss-reactive ketones (excluding diaryl/α,β-unsaturated/α-hetero) is 1. The van der Waals surface area contributed by atoms with Crippen molar-refractivity contribution in [2.45, 2.75) is 126 Å². The number of hydrogen-bond acceptors (Lipinski definition) is 1. The van der Waals surface area contributed by atoms with Crippen molar-refractivity contribution in [1.82, 2.24) is 0 Å². The molecule has 1 saturated carbocycles. The van der Waals surface area contributed by atoms with Crippen molar-refractivity contribution in [1.29, 1.82) is 0 Å². The van der Waals surface area contributed by atoms with Gasteiger partial charge in [-0.1, -0.05) is 74.3 Å². The van der Waals surface area contributed by atoms with Crippen molar-refractivity contribution in [3.05, 3.63) is 46.6 Å². The average molecular weight is 441 g/mol. The number of hydrogen-bond donors (Lipinski definition) is 0. The van der Waals surface area contributed by atoms with Gasteiger partial charge in [-0.2, -0.15) is 0 Å². The molecule has 1 heteroatoms. The van der Waals surface area contributed by atoms with Crippen LogP contribution in [0.3, 0.4) is 0 Å². The summed E-state index contributed by atoms with van der Waals surface area (Å²) in [6.07, 6.45) is 21.9. The lowest BCUT2D eigenvalue weighted by Crippen LogP contribution is -2.41. The van der Waals surface area contributed by atoms with Gasteiger partial charge in [0.05, 0.1) is 0 Å². The Kier molecular flexibility index (Phi) is 13.2. The molecule has 0 N–H and O–H groups in total. The Morgan fingerprint density at radius 1 is 0.875 bits per heavy atom. The van der Waals surface area contributed by atoms with E-state index >= 15 is 0 Å². The van der Waals surface area contributed by atoms with Crippen LogP contribution in [0.2, 0.25) is 0 Å². The van der Waals surface area contributed by atoms with Crippen LogP contribution in [0.5, 0.6) is 0 Å². The van der Waals surface area contributed by atoms with Crippen molar-refractivity contribution in [3.63, 3.8) is 0 Å². The highest BCUT2D eigenvalue weighted by atomic mass is 16.1. The van der Waals surface area contributed by atoms with Gasteiger partial charge < -0.3 is 0 Å². The molecule has 3 atom stereocenters. The molecule has 1 fully saturated rings. The van der Waals surface area contributed by atoms with Gasteiger partial charge in [0.25, 0.3) is 0 Å². The molecular weight excluding hydrogens is 388 g/mol. The van der Waals surface area contributed by atoms with Crippen LogP contribution < -0.4 is 0 Å². The summed E-state index contributed by atoms with van der Waals surface area (Å²) in [7, 11) is 0. The van der Waals surface area contributed by atoms with Gasteiger partial charge in [0.2, 0.25) is 0 Å². The molecule has 0 aromatic rings. The number of ketones is 1. The lowest BCUT2D eigenvalue weighted by molar-refractivity contribution is -0.132. The number of unbranched alkanes of at least 4 members (excludes halogenated alkanes) is 1. The van der Waals surface area contributed by atoms with E-state index in [-0.39, 0.29) is 11.3 Å². The molecule has 0 bridgehead atoms. The molecule has 0 unspecified atom stereocenters. The zero-order valence-corrected chi connectivity index (χ0v) is 22.7. The lowest BCUT2D eigenvalue weighted by atomic mass is 9.59. The van der Waals surface area contributed by atoms with E-state index in [9.17, 15) is 4.79 Å². The highest BCUT2D eigenvalue weighted by Gasteiger charge is 2.43. The first-order valence-electron chi connectivity index (χ1n) is 13.2. The third-order valence-corrected chi connectivity index (χ3v) is 8.08. The van der Waals surface area contributed by atoms with Gasteiger partial charge in [-0.15, -0.1) is 0 Å². The van der Waals surface area contributed by atoms with Crippen LogP contribution in [0.4, 0.5) is 0 Å². The summed E-state index contributed by atoms with van der Waals surface area (Å²) in [4.78, 5) is 12.3. The van der Waals surface area contributed by atoms with Gasteiger partial charge in [-0.05, 0) is 103 Å². The van der Waals surface area contributed by atoms with Gasteiger partial charge in [0.1, 0.15) is 5.78 Å². The minimum absolute atomic E-state index is 0.164. The smallest absolute Gasteiger partial charge is 0.136 e. The Balaban J connectivity index is 2.43. The van der Waals surface area contributed by atoms with E-state index < -0.39 is 0 Å². The molecule has 0 amide bonds. The van der Waals surface area contributed by atoms with Crippen LogP contribution in [0.1, 0.15) is 126 Å². The maximum atomic E-state index is 12.3. The van der Waals surface area contributed by atoms with Gasteiger partial charge in [-0.3, -0.25) is 4.79 Å². The minimum atomic E-state index is 0.164.